The smallest absolute Gasteiger partial charge is 0.252 e. The SMILES string of the molecule is O=C(NCCCOc1ccccc1)c1ccc(Br)nc1. The van der Waals surface area contributed by atoms with Crippen LogP contribution in [0.25, 0.3) is 0 Å². The Labute approximate surface area is 126 Å². The van der Waals surface area contributed by atoms with E-state index >= 15 is 0 Å². The number of nitrogens with zero attached hydrogens (tertiary/aromatic N) is 1. The number of halogens is 1. The highest BCUT2D eigenvalue weighted by Crippen LogP contribution is 2.08. The summed E-state index contributed by atoms with van der Waals surface area (Å²) in [6, 6.07) is 13.1. The molecule has 0 aliphatic rings. The number of ether oxygens (including phenoxy) is 1. The zero-order chi connectivity index (χ0) is 14.2. The van der Waals surface area contributed by atoms with E-state index in [1.807, 2.05) is 30.3 Å². The van der Waals surface area contributed by atoms with Crippen LogP contribution < -0.4 is 10.1 Å². The second kappa shape index (κ2) is 7.65. The summed E-state index contributed by atoms with van der Waals surface area (Å²) < 4.78 is 6.25. The Morgan fingerprint density at radius 1 is 1.20 bits per heavy atom. The molecule has 0 fully saturated rings. The van der Waals surface area contributed by atoms with Crippen molar-refractivity contribution in [2.24, 2.45) is 0 Å². The molecule has 1 aromatic carbocycles. The third kappa shape index (κ3) is 4.66. The largest absolute Gasteiger partial charge is 0.494 e. The number of amides is 1. The Balaban J connectivity index is 1.66. The van der Waals surface area contributed by atoms with Crippen LogP contribution >= 0.6 is 15.9 Å². The highest BCUT2D eigenvalue weighted by molar-refractivity contribution is 9.10. The van der Waals surface area contributed by atoms with Crippen LogP contribution in [0.3, 0.4) is 0 Å². The predicted octanol–water partition coefficient (Wildman–Crippen LogP) is 3.04. The van der Waals surface area contributed by atoms with Crippen LogP contribution in [-0.4, -0.2) is 24.0 Å². The van der Waals surface area contributed by atoms with Crippen molar-refractivity contribution in [1.82, 2.24) is 10.3 Å². The van der Waals surface area contributed by atoms with Crippen molar-refractivity contribution in [1.29, 1.82) is 0 Å². The lowest BCUT2D eigenvalue weighted by atomic mass is 10.2. The molecule has 2 aromatic rings. The van der Waals surface area contributed by atoms with E-state index in [-0.39, 0.29) is 5.91 Å². The fourth-order valence-corrected chi connectivity index (χ4v) is 1.83. The van der Waals surface area contributed by atoms with E-state index in [2.05, 4.69) is 26.2 Å². The number of hydrogen-bond acceptors (Lipinski definition) is 3. The number of rotatable bonds is 6. The zero-order valence-electron chi connectivity index (χ0n) is 10.9. The van der Waals surface area contributed by atoms with Crippen molar-refractivity contribution in [3.63, 3.8) is 0 Å². The summed E-state index contributed by atoms with van der Waals surface area (Å²) in [7, 11) is 0. The summed E-state index contributed by atoms with van der Waals surface area (Å²) in [5.74, 6) is 0.723. The zero-order valence-corrected chi connectivity index (χ0v) is 12.5. The number of hydrogen-bond donors (Lipinski definition) is 1. The predicted molar refractivity (Wildman–Crippen MR) is 80.8 cm³/mol. The van der Waals surface area contributed by atoms with Crippen LogP contribution in [0.2, 0.25) is 0 Å². The Kier molecular flexibility index (Phi) is 5.55. The average Bonchev–Trinajstić information content (AvgIpc) is 2.48. The fourth-order valence-electron chi connectivity index (χ4n) is 1.59. The number of para-hydroxylation sites is 1. The van der Waals surface area contributed by atoms with Crippen LogP contribution in [-0.2, 0) is 0 Å². The van der Waals surface area contributed by atoms with Gasteiger partial charge in [-0.05, 0) is 46.6 Å². The summed E-state index contributed by atoms with van der Waals surface area (Å²) >= 11 is 3.23. The van der Waals surface area contributed by atoms with Crippen molar-refractivity contribution in [2.75, 3.05) is 13.2 Å². The highest BCUT2D eigenvalue weighted by Gasteiger charge is 2.04. The van der Waals surface area contributed by atoms with E-state index in [0.29, 0.717) is 23.3 Å². The Hall–Kier alpha value is -1.88. The minimum absolute atomic E-state index is 0.121. The third-order valence-electron chi connectivity index (χ3n) is 2.61. The van der Waals surface area contributed by atoms with Crippen LogP contribution in [0, 0.1) is 0 Å². The topological polar surface area (TPSA) is 51.2 Å². The highest BCUT2D eigenvalue weighted by atomic mass is 79.9. The van der Waals surface area contributed by atoms with Gasteiger partial charge in [0, 0.05) is 12.7 Å². The minimum Gasteiger partial charge on any atom is -0.494 e. The van der Waals surface area contributed by atoms with E-state index in [4.69, 9.17) is 4.74 Å². The Morgan fingerprint density at radius 2 is 2.00 bits per heavy atom. The Bertz CT molecular complexity index is 544. The molecular weight excluding hydrogens is 320 g/mol. The van der Waals surface area contributed by atoms with Gasteiger partial charge >= 0.3 is 0 Å². The first-order valence-electron chi connectivity index (χ1n) is 6.33. The van der Waals surface area contributed by atoms with Gasteiger partial charge < -0.3 is 10.1 Å². The van der Waals surface area contributed by atoms with Crippen molar-refractivity contribution in [2.45, 2.75) is 6.42 Å². The molecule has 0 unspecified atom stereocenters. The maximum Gasteiger partial charge on any atom is 0.252 e. The van der Waals surface area contributed by atoms with Crippen molar-refractivity contribution >= 4 is 21.8 Å². The first-order valence-corrected chi connectivity index (χ1v) is 7.12. The molecule has 0 spiro atoms. The van der Waals surface area contributed by atoms with Gasteiger partial charge in [-0.3, -0.25) is 4.79 Å². The fraction of sp³-hybridized carbons (Fsp3) is 0.200. The van der Waals surface area contributed by atoms with Crippen LogP contribution in [0.5, 0.6) is 5.75 Å². The van der Waals surface area contributed by atoms with Crippen LogP contribution in [0.15, 0.2) is 53.3 Å². The summed E-state index contributed by atoms with van der Waals surface area (Å²) in [5, 5.41) is 2.83. The summed E-state index contributed by atoms with van der Waals surface area (Å²) in [6.07, 6.45) is 2.30. The monoisotopic (exact) mass is 334 g/mol. The number of benzene rings is 1. The number of carbonyl (C=O) groups is 1. The molecule has 1 amide bonds. The number of nitrogens with one attached hydrogen (secondary N) is 1. The number of pyridine rings is 1. The maximum absolute atomic E-state index is 11.8. The van der Waals surface area contributed by atoms with Gasteiger partial charge in [0.05, 0.1) is 12.2 Å². The van der Waals surface area contributed by atoms with Crippen molar-refractivity contribution in [3.8, 4) is 5.75 Å². The molecule has 1 N–H and O–H groups in total. The van der Waals surface area contributed by atoms with E-state index in [0.717, 1.165) is 12.2 Å². The summed E-state index contributed by atoms with van der Waals surface area (Å²) in [6.45, 7) is 1.14. The van der Waals surface area contributed by atoms with E-state index in [1.54, 1.807) is 18.3 Å². The molecule has 0 aliphatic carbocycles. The van der Waals surface area contributed by atoms with Gasteiger partial charge in [-0.25, -0.2) is 4.98 Å². The van der Waals surface area contributed by atoms with E-state index < -0.39 is 0 Å². The molecule has 0 aliphatic heterocycles. The molecule has 1 heterocycles. The third-order valence-corrected chi connectivity index (χ3v) is 3.08. The van der Waals surface area contributed by atoms with Crippen molar-refractivity contribution < 1.29 is 9.53 Å². The molecule has 2 rings (SSSR count). The second-order valence-corrected chi connectivity index (χ2v) is 4.95. The average molecular weight is 335 g/mol. The number of aromatic nitrogens is 1. The standard InChI is InChI=1S/C15H15BrN2O2/c16-14-8-7-12(11-18-14)15(19)17-9-4-10-20-13-5-2-1-3-6-13/h1-3,5-8,11H,4,9-10H2,(H,17,19). The van der Waals surface area contributed by atoms with Gasteiger partial charge in [0.2, 0.25) is 0 Å². The number of carbonyl (C=O) groups excluding carboxylic acids is 1. The first-order chi connectivity index (χ1) is 9.75. The van der Waals surface area contributed by atoms with E-state index in [9.17, 15) is 4.79 Å². The molecule has 4 nitrogen and oxygen atoms in total. The molecule has 0 radical (unpaired) electrons. The van der Waals surface area contributed by atoms with Gasteiger partial charge in [0.15, 0.2) is 0 Å². The van der Waals surface area contributed by atoms with Crippen LogP contribution in [0.4, 0.5) is 0 Å². The Morgan fingerprint density at radius 3 is 2.70 bits per heavy atom. The molecular formula is C15H15BrN2O2. The van der Waals surface area contributed by atoms with Crippen molar-refractivity contribution in [3.05, 3.63) is 58.8 Å². The molecule has 1 aromatic heterocycles. The van der Waals surface area contributed by atoms with Gasteiger partial charge in [0.1, 0.15) is 10.4 Å². The molecule has 0 saturated carbocycles. The molecule has 5 heteroatoms. The van der Waals surface area contributed by atoms with Gasteiger partial charge in [-0.2, -0.15) is 0 Å². The van der Waals surface area contributed by atoms with Gasteiger partial charge in [-0.1, -0.05) is 18.2 Å². The molecule has 0 bridgehead atoms. The molecule has 0 saturated heterocycles. The minimum atomic E-state index is -0.121. The first kappa shape index (κ1) is 14.5. The quantitative estimate of drug-likeness (QED) is 0.652. The summed E-state index contributed by atoms with van der Waals surface area (Å²) in [5.41, 5.74) is 0.553. The lowest BCUT2D eigenvalue weighted by Crippen LogP contribution is -2.25. The summed E-state index contributed by atoms with van der Waals surface area (Å²) in [4.78, 5) is 15.8. The normalized spacial score (nSPS) is 10.1. The van der Waals surface area contributed by atoms with Gasteiger partial charge in [0.25, 0.3) is 5.91 Å². The van der Waals surface area contributed by atoms with Gasteiger partial charge in [-0.15, -0.1) is 0 Å². The lowest BCUT2D eigenvalue weighted by molar-refractivity contribution is 0.0951. The molecule has 104 valence electrons. The molecule has 0 atom stereocenters. The van der Waals surface area contributed by atoms with Crippen LogP contribution in [0.1, 0.15) is 16.8 Å². The van der Waals surface area contributed by atoms with E-state index in [1.165, 1.54) is 0 Å². The second-order valence-electron chi connectivity index (χ2n) is 4.14. The lowest BCUT2D eigenvalue weighted by Gasteiger charge is -2.07. The molecule has 20 heavy (non-hydrogen) atoms. The maximum atomic E-state index is 11.8.